The summed E-state index contributed by atoms with van der Waals surface area (Å²) in [4.78, 5) is 14.6. The number of rotatable bonds is 2. The average Bonchev–Trinajstić information content (AvgIpc) is 2.94. The largest absolute Gasteiger partial charge is 0.339 e. The zero-order valence-corrected chi connectivity index (χ0v) is 12.5. The molecule has 1 amide bonds. The standard InChI is InChI=1S/C17H24N2O/c1-12-3-7-16(8-4-12)19(2)17(20)13-5-6-14-10-18-11-15(14)9-13/h5-6,9,12,16,18H,3-4,7-8,10-11H2,1-2H3. The summed E-state index contributed by atoms with van der Waals surface area (Å²) in [6.45, 7) is 4.13. The number of nitrogens with one attached hydrogen (secondary N) is 1. The summed E-state index contributed by atoms with van der Waals surface area (Å²) in [5.74, 6) is 1.00. The Labute approximate surface area is 121 Å². The maximum atomic E-state index is 12.6. The first kappa shape index (κ1) is 13.6. The Morgan fingerprint density at radius 1 is 1.15 bits per heavy atom. The summed E-state index contributed by atoms with van der Waals surface area (Å²) in [5, 5.41) is 3.33. The van der Waals surface area contributed by atoms with Gasteiger partial charge in [-0.25, -0.2) is 0 Å². The average molecular weight is 272 g/mol. The molecular formula is C17H24N2O. The molecule has 2 aliphatic rings. The van der Waals surface area contributed by atoms with Crippen LogP contribution < -0.4 is 5.32 Å². The minimum Gasteiger partial charge on any atom is -0.339 e. The van der Waals surface area contributed by atoms with Crippen molar-refractivity contribution < 1.29 is 4.79 Å². The monoisotopic (exact) mass is 272 g/mol. The predicted octanol–water partition coefficient (Wildman–Crippen LogP) is 2.94. The van der Waals surface area contributed by atoms with Crippen LogP contribution in [0.2, 0.25) is 0 Å². The second-order valence-corrected chi connectivity index (χ2v) is 6.42. The molecule has 0 unspecified atom stereocenters. The molecule has 0 spiro atoms. The van der Waals surface area contributed by atoms with Gasteiger partial charge >= 0.3 is 0 Å². The quantitative estimate of drug-likeness (QED) is 0.897. The van der Waals surface area contributed by atoms with Gasteiger partial charge in [-0.1, -0.05) is 13.0 Å². The second-order valence-electron chi connectivity index (χ2n) is 6.42. The van der Waals surface area contributed by atoms with Crippen molar-refractivity contribution in [1.29, 1.82) is 0 Å². The van der Waals surface area contributed by atoms with Gasteiger partial charge in [-0.3, -0.25) is 4.79 Å². The second kappa shape index (κ2) is 5.57. The molecule has 1 aromatic carbocycles. The Bertz CT molecular complexity index is 504. The Morgan fingerprint density at radius 2 is 1.85 bits per heavy atom. The topological polar surface area (TPSA) is 32.3 Å². The van der Waals surface area contributed by atoms with Gasteiger partial charge in [0.25, 0.3) is 5.91 Å². The summed E-state index contributed by atoms with van der Waals surface area (Å²) < 4.78 is 0. The Hall–Kier alpha value is -1.35. The van der Waals surface area contributed by atoms with Crippen LogP contribution in [0.4, 0.5) is 0 Å². The third-order valence-corrected chi connectivity index (χ3v) is 4.94. The van der Waals surface area contributed by atoms with E-state index in [0.717, 1.165) is 37.4 Å². The minimum atomic E-state index is 0.180. The van der Waals surface area contributed by atoms with Gasteiger partial charge in [0.2, 0.25) is 0 Å². The van der Waals surface area contributed by atoms with Crippen LogP contribution in [-0.2, 0) is 13.1 Å². The van der Waals surface area contributed by atoms with Gasteiger partial charge in [0.1, 0.15) is 0 Å². The SMILES string of the molecule is CC1CCC(N(C)C(=O)c2ccc3c(c2)CNC3)CC1. The van der Waals surface area contributed by atoms with Crippen molar-refractivity contribution >= 4 is 5.91 Å². The van der Waals surface area contributed by atoms with Crippen LogP contribution in [0.3, 0.4) is 0 Å². The van der Waals surface area contributed by atoms with Crippen LogP contribution in [0.5, 0.6) is 0 Å². The zero-order valence-electron chi connectivity index (χ0n) is 12.5. The lowest BCUT2D eigenvalue weighted by molar-refractivity contribution is 0.0679. The van der Waals surface area contributed by atoms with E-state index in [9.17, 15) is 4.79 Å². The molecule has 1 aliphatic heterocycles. The lowest BCUT2D eigenvalue weighted by Crippen LogP contribution is -2.39. The fourth-order valence-electron chi connectivity index (χ4n) is 3.43. The third-order valence-electron chi connectivity index (χ3n) is 4.94. The lowest BCUT2D eigenvalue weighted by atomic mass is 9.86. The molecule has 3 heteroatoms. The van der Waals surface area contributed by atoms with Gasteiger partial charge < -0.3 is 10.2 Å². The molecule has 1 aliphatic carbocycles. The van der Waals surface area contributed by atoms with Crippen molar-refractivity contribution in [3.8, 4) is 0 Å². The number of carbonyl (C=O) groups is 1. The zero-order chi connectivity index (χ0) is 14.1. The van der Waals surface area contributed by atoms with E-state index in [1.165, 1.54) is 24.0 Å². The van der Waals surface area contributed by atoms with Crippen molar-refractivity contribution in [3.63, 3.8) is 0 Å². The Kier molecular flexibility index (Phi) is 3.79. The van der Waals surface area contributed by atoms with Crippen LogP contribution in [0.1, 0.15) is 54.1 Å². The smallest absolute Gasteiger partial charge is 0.253 e. The van der Waals surface area contributed by atoms with E-state index in [0.29, 0.717) is 6.04 Å². The number of nitrogens with zero attached hydrogens (tertiary/aromatic N) is 1. The Balaban J connectivity index is 1.72. The fraction of sp³-hybridized carbons (Fsp3) is 0.588. The number of hydrogen-bond donors (Lipinski definition) is 1. The third kappa shape index (κ3) is 2.59. The summed E-state index contributed by atoms with van der Waals surface area (Å²) in [6.07, 6.45) is 4.79. The number of benzene rings is 1. The maximum Gasteiger partial charge on any atom is 0.253 e. The molecule has 1 heterocycles. The summed E-state index contributed by atoms with van der Waals surface area (Å²) >= 11 is 0. The van der Waals surface area contributed by atoms with Crippen molar-refractivity contribution in [2.45, 2.75) is 51.7 Å². The maximum absolute atomic E-state index is 12.6. The normalized spacial score (nSPS) is 25.3. The molecule has 1 fully saturated rings. The molecule has 3 rings (SSSR count). The van der Waals surface area contributed by atoms with Gasteiger partial charge in [-0.05, 0) is 54.9 Å². The first-order chi connectivity index (χ1) is 9.65. The van der Waals surface area contributed by atoms with Gasteiger partial charge in [-0.2, -0.15) is 0 Å². The van der Waals surface area contributed by atoms with E-state index in [1.807, 2.05) is 18.0 Å². The molecule has 1 saturated carbocycles. The fourth-order valence-corrected chi connectivity index (χ4v) is 3.43. The molecule has 0 radical (unpaired) electrons. The van der Waals surface area contributed by atoms with Gasteiger partial charge in [0.05, 0.1) is 0 Å². The van der Waals surface area contributed by atoms with Crippen LogP contribution in [0.15, 0.2) is 18.2 Å². The van der Waals surface area contributed by atoms with Crippen molar-refractivity contribution in [2.75, 3.05) is 7.05 Å². The minimum absolute atomic E-state index is 0.180. The highest BCUT2D eigenvalue weighted by Gasteiger charge is 2.26. The molecule has 108 valence electrons. The van der Waals surface area contributed by atoms with Gasteiger partial charge in [-0.15, -0.1) is 0 Å². The number of fused-ring (bicyclic) bond motifs is 1. The number of amides is 1. The molecule has 1 aromatic rings. The molecule has 20 heavy (non-hydrogen) atoms. The van der Waals surface area contributed by atoms with E-state index in [1.54, 1.807) is 0 Å². The van der Waals surface area contributed by atoms with E-state index in [-0.39, 0.29) is 5.91 Å². The van der Waals surface area contributed by atoms with E-state index in [4.69, 9.17) is 0 Å². The predicted molar refractivity (Wildman–Crippen MR) is 80.5 cm³/mol. The van der Waals surface area contributed by atoms with E-state index >= 15 is 0 Å². The number of hydrogen-bond acceptors (Lipinski definition) is 2. The van der Waals surface area contributed by atoms with Crippen molar-refractivity contribution in [2.24, 2.45) is 5.92 Å². The first-order valence-electron chi connectivity index (χ1n) is 7.75. The molecule has 0 aromatic heterocycles. The van der Waals surface area contributed by atoms with Crippen LogP contribution in [-0.4, -0.2) is 23.9 Å². The molecular weight excluding hydrogens is 248 g/mol. The highest BCUT2D eigenvalue weighted by Crippen LogP contribution is 2.27. The molecule has 0 saturated heterocycles. The summed E-state index contributed by atoms with van der Waals surface area (Å²) in [6, 6.07) is 6.57. The molecule has 0 atom stereocenters. The van der Waals surface area contributed by atoms with Crippen LogP contribution in [0, 0.1) is 5.92 Å². The number of carbonyl (C=O) groups excluding carboxylic acids is 1. The van der Waals surface area contributed by atoms with E-state index < -0.39 is 0 Å². The molecule has 0 bridgehead atoms. The van der Waals surface area contributed by atoms with E-state index in [2.05, 4.69) is 24.4 Å². The van der Waals surface area contributed by atoms with Gasteiger partial charge in [0, 0.05) is 31.7 Å². The highest BCUT2D eigenvalue weighted by molar-refractivity contribution is 5.94. The summed E-state index contributed by atoms with van der Waals surface area (Å²) in [5.41, 5.74) is 3.45. The van der Waals surface area contributed by atoms with Crippen LogP contribution >= 0.6 is 0 Å². The van der Waals surface area contributed by atoms with Gasteiger partial charge in [0.15, 0.2) is 0 Å². The van der Waals surface area contributed by atoms with Crippen molar-refractivity contribution in [3.05, 3.63) is 34.9 Å². The highest BCUT2D eigenvalue weighted by atomic mass is 16.2. The molecule has 3 nitrogen and oxygen atoms in total. The lowest BCUT2D eigenvalue weighted by Gasteiger charge is -2.33. The Morgan fingerprint density at radius 3 is 2.60 bits per heavy atom. The van der Waals surface area contributed by atoms with Crippen LogP contribution in [0.25, 0.3) is 0 Å². The van der Waals surface area contributed by atoms with Crippen molar-refractivity contribution in [1.82, 2.24) is 10.2 Å². The first-order valence-corrected chi connectivity index (χ1v) is 7.75. The molecule has 1 N–H and O–H groups in total. The summed E-state index contributed by atoms with van der Waals surface area (Å²) in [7, 11) is 1.97.